The maximum Gasteiger partial charge on any atom is 0.0504 e. The monoisotopic (exact) mass is 202 g/mol. The van der Waals surface area contributed by atoms with Crippen LogP contribution in [0.5, 0.6) is 0 Å². The summed E-state index contributed by atoms with van der Waals surface area (Å²) in [5, 5.41) is 11.9. The molecule has 1 aromatic heterocycles. The number of H-pyrrole nitrogens is 1. The normalized spacial score (nSPS) is 12.9. The highest BCUT2D eigenvalue weighted by Gasteiger charge is 2.12. The van der Waals surface area contributed by atoms with E-state index in [1.165, 1.54) is 0 Å². The SMILES string of the molecule is CCC(C(=O)[O-])c1cc2ccccc2[nH]1. The van der Waals surface area contributed by atoms with Crippen molar-refractivity contribution in [3.8, 4) is 0 Å². The number of carbonyl (C=O) groups excluding carboxylic acids is 1. The van der Waals surface area contributed by atoms with Crippen LogP contribution in [-0.4, -0.2) is 11.0 Å². The molecule has 1 N–H and O–H groups in total. The van der Waals surface area contributed by atoms with E-state index in [0.717, 1.165) is 16.6 Å². The van der Waals surface area contributed by atoms with E-state index in [1.54, 1.807) is 0 Å². The molecule has 3 nitrogen and oxygen atoms in total. The van der Waals surface area contributed by atoms with Crippen molar-refractivity contribution < 1.29 is 9.90 Å². The summed E-state index contributed by atoms with van der Waals surface area (Å²) in [5.41, 5.74) is 1.69. The van der Waals surface area contributed by atoms with Gasteiger partial charge in [0.25, 0.3) is 0 Å². The molecule has 0 fully saturated rings. The predicted octanol–water partition coefficient (Wildman–Crippen LogP) is 1.41. The lowest BCUT2D eigenvalue weighted by Crippen LogP contribution is -2.29. The maximum absolute atomic E-state index is 10.9. The van der Waals surface area contributed by atoms with Crippen molar-refractivity contribution >= 4 is 16.9 Å². The van der Waals surface area contributed by atoms with Crippen LogP contribution >= 0.6 is 0 Å². The standard InChI is InChI=1S/C12H13NO2/c1-2-9(12(14)15)11-7-8-5-3-4-6-10(8)13-11/h3-7,9,13H,2H2,1H3,(H,14,15)/p-1. The van der Waals surface area contributed by atoms with Gasteiger partial charge in [-0.15, -0.1) is 0 Å². The molecule has 0 aliphatic heterocycles. The first-order chi connectivity index (χ1) is 7.22. The van der Waals surface area contributed by atoms with Crippen molar-refractivity contribution in [2.75, 3.05) is 0 Å². The number of aromatic nitrogens is 1. The minimum Gasteiger partial charge on any atom is -0.549 e. The molecule has 2 aromatic rings. The summed E-state index contributed by atoms with van der Waals surface area (Å²) in [6, 6.07) is 9.61. The predicted molar refractivity (Wildman–Crippen MR) is 56.3 cm³/mol. The highest BCUT2D eigenvalue weighted by molar-refractivity contribution is 5.83. The van der Waals surface area contributed by atoms with Gasteiger partial charge < -0.3 is 14.9 Å². The number of aromatic amines is 1. The van der Waals surface area contributed by atoms with Crippen LogP contribution in [0, 0.1) is 0 Å². The zero-order chi connectivity index (χ0) is 10.8. The molecular weight excluding hydrogens is 190 g/mol. The quantitative estimate of drug-likeness (QED) is 0.818. The molecule has 0 saturated carbocycles. The lowest BCUT2D eigenvalue weighted by molar-refractivity contribution is -0.308. The minimum atomic E-state index is -1.02. The Balaban J connectivity index is 2.47. The van der Waals surface area contributed by atoms with Gasteiger partial charge in [0.1, 0.15) is 0 Å². The third-order valence-corrected chi connectivity index (χ3v) is 2.62. The maximum atomic E-state index is 10.9. The Kier molecular flexibility index (Phi) is 2.46. The Hall–Kier alpha value is -1.77. The first-order valence-electron chi connectivity index (χ1n) is 5.01. The molecule has 0 aliphatic rings. The average molecular weight is 202 g/mol. The Morgan fingerprint density at radius 2 is 2.20 bits per heavy atom. The van der Waals surface area contributed by atoms with Crippen LogP contribution < -0.4 is 5.11 Å². The van der Waals surface area contributed by atoms with Gasteiger partial charge >= 0.3 is 0 Å². The Morgan fingerprint density at radius 1 is 1.47 bits per heavy atom. The molecule has 0 amide bonds. The van der Waals surface area contributed by atoms with Crippen LogP contribution in [0.2, 0.25) is 0 Å². The van der Waals surface area contributed by atoms with Crippen LogP contribution in [0.15, 0.2) is 30.3 Å². The van der Waals surface area contributed by atoms with Gasteiger partial charge in [-0.25, -0.2) is 0 Å². The third-order valence-electron chi connectivity index (χ3n) is 2.62. The number of benzene rings is 1. The molecule has 0 aliphatic carbocycles. The second kappa shape index (κ2) is 3.77. The van der Waals surface area contributed by atoms with Crippen molar-refractivity contribution in [2.45, 2.75) is 19.3 Å². The highest BCUT2D eigenvalue weighted by Crippen LogP contribution is 2.23. The molecule has 1 unspecified atom stereocenters. The summed E-state index contributed by atoms with van der Waals surface area (Å²) < 4.78 is 0. The van der Waals surface area contributed by atoms with Crippen LogP contribution in [-0.2, 0) is 4.79 Å². The number of fused-ring (bicyclic) bond motifs is 1. The fraction of sp³-hybridized carbons (Fsp3) is 0.250. The zero-order valence-electron chi connectivity index (χ0n) is 8.49. The van der Waals surface area contributed by atoms with E-state index < -0.39 is 11.9 Å². The molecule has 3 heteroatoms. The number of carboxylic acids is 1. The van der Waals surface area contributed by atoms with E-state index in [1.807, 2.05) is 37.3 Å². The Morgan fingerprint density at radius 3 is 2.80 bits per heavy atom. The molecular formula is C12H12NO2-. The molecule has 2 rings (SSSR count). The highest BCUT2D eigenvalue weighted by atomic mass is 16.4. The van der Waals surface area contributed by atoms with Gasteiger partial charge in [0.05, 0.1) is 5.97 Å². The summed E-state index contributed by atoms with van der Waals surface area (Å²) in [4.78, 5) is 14.0. The van der Waals surface area contributed by atoms with E-state index in [4.69, 9.17) is 0 Å². The van der Waals surface area contributed by atoms with Crippen LogP contribution in [0.25, 0.3) is 10.9 Å². The number of nitrogens with one attached hydrogen (secondary N) is 1. The van der Waals surface area contributed by atoms with Gasteiger partial charge in [-0.2, -0.15) is 0 Å². The zero-order valence-corrected chi connectivity index (χ0v) is 8.49. The number of carboxylic acid groups (broad SMARTS) is 1. The van der Waals surface area contributed by atoms with Gasteiger partial charge in [-0.05, 0) is 23.9 Å². The molecule has 0 radical (unpaired) electrons. The van der Waals surface area contributed by atoms with E-state index in [9.17, 15) is 9.90 Å². The Labute approximate surface area is 87.7 Å². The van der Waals surface area contributed by atoms with E-state index in [0.29, 0.717) is 6.42 Å². The number of hydrogen-bond donors (Lipinski definition) is 1. The van der Waals surface area contributed by atoms with E-state index >= 15 is 0 Å². The molecule has 1 atom stereocenters. The largest absolute Gasteiger partial charge is 0.549 e. The van der Waals surface area contributed by atoms with Crippen molar-refractivity contribution in [1.82, 2.24) is 4.98 Å². The van der Waals surface area contributed by atoms with Crippen molar-refractivity contribution in [2.24, 2.45) is 0 Å². The van der Waals surface area contributed by atoms with Crippen molar-refractivity contribution in [1.29, 1.82) is 0 Å². The third kappa shape index (κ3) is 1.73. The number of aliphatic carboxylic acids is 1. The van der Waals surface area contributed by atoms with Crippen molar-refractivity contribution in [3.63, 3.8) is 0 Å². The first-order valence-corrected chi connectivity index (χ1v) is 5.01. The fourth-order valence-corrected chi connectivity index (χ4v) is 1.80. The molecule has 0 spiro atoms. The van der Waals surface area contributed by atoms with Gasteiger partial charge in [-0.3, -0.25) is 0 Å². The van der Waals surface area contributed by atoms with Gasteiger partial charge in [0, 0.05) is 17.1 Å². The lowest BCUT2D eigenvalue weighted by Gasteiger charge is -2.13. The van der Waals surface area contributed by atoms with Gasteiger partial charge in [0.2, 0.25) is 0 Å². The molecule has 0 saturated heterocycles. The van der Waals surface area contributed by atoms with Crippen LogP contribution in [0.4, 0.5) is 0 Å². The lowest BCUT2D eigenvalue weighted by atomic mass is 10.0. The minimum absolute atomic E-state index is 0.537. The Bertz CT molecular complexity index is 454. The number of para-hydroxylation sites is 1. The molecule has 0 bridgehead atoms. The molecule has 15 heavy (non-hydrogen) atoms. The van der Waals surface area contributed by atoms with E-state index in [2.05, 4.69) is 4.98 Å². The second-order valence-corrected chi connectivity index (χ2v) is 3.59. The van der Waals surface area contributed by atoms with Crippen LogP contribution in [0.3, 0.4) is 0 Å². The molecule has 78 valence electrons. The molecule has 1 heterocycles. The topological polar surface area (TPSA) is 55.9 Å². The summed E-state index contributed by atoms with van der Waals surface area (Å²) in [7, 11) is 0. The summed E-state index contributed by atoms with van der Waals surface area (Å²) in [6.07, 6.45) is 0.537. The number of hydrogen-bond acceptors (Lipinski definition) is 2. The van der Waals surface area contributed by atoms with Gasteiger partial charge in [0.15, 0.2) is 0 Å². The summed E-state index contributed by atoms with van der Waals surface area (Å²) in [6.45, 7) is 1.84. The fourth-order valence-electron chi connectivity index (χ4n) is 1.80. The summed E-state index contributed by atoms with van der Waals surface area (Å²) in [5.74, 6) is -1.57. The average Bonchev–Trinajstić information content (AvgIpc) is 2.61. The molecule has 1 aromatic carbocycles. The van der Waals surface area contributed by atoms with Crippen molar-refractivity contribution in [3.05, 3.63) is 36.0 Å². The number of rotatable bonds is 3. The second-order valence-electron chi connectivity index (χ2n) is 3.59. The number of carbonyl (C=O) groups is 1. The smallest absolute Gasteiger partial charge is 0.0504 e. The van der Waals surface area contributed by atoms with Crippen LogP contribution in [0.1, 0.15) is 25.0 Å². The van der Waals surface area contributed by atoms with Gasteiger partial charge in [-0.1, -0.05) is 25.1 Å². The summed E-state index contributed by atoms with van der Waals surface area (Å²) >= 11 is 0. The first kappa shape index (κ1) is 9.77. The van der Waals surface area contributed by atoms with E-state index in [-0.39, 0.29) is 0 Å².